The number of rotatable bonds is 4. The molecule has 0 amide bonds. The Hall–Kier alpha value is -2.40. The zero-order chi connectivity index (χ0) is 13.0. The first-order chi connectivity index (χ1) is 8.69. The van der Waals surface area contributed by atoms with Gasteiger partial charge in [0, 0.05) is 17.8 Å². The fourth-order valence-electron chi connectivity index (χ4n) is 1.42. The van der Waals surface area contributed by atoms with Crippen LogP contribution in [-0.2, 0) is 6.61 Å². The van der Waals surface area contributed by atoms with Crippen molar-refractivity contribution >= 4 is 5.84 Å². The molecule has 2 rings (SSSR count). The van der Waals surface area contributed by atoms with Crippen molar-refractivity contribution in [3.63, 3.8) is 0 Å². The Balaban J connectivity index is 2.17. The summed E-state index contributed by atoms with van der Waals surface area (Å²) in [6.45, 7) is -0.00164. The average Bonchev–Trinajstić information content (AvgIpc) is 2.40. The number of aromatic nitrogens is 1. The van der Waals surface area contributed by atoms with Crippen molar-refractivity contribution < 1.29 is 9.84 Å². The molecular formula is C13H13N3O2. The van der Waals surface area contributed by atoms with Gasteiger partial charge in [0.1, 0.15) is 11.6 Å². The Morgan fingerprint density at radius 3 is 2.61 bits per heavy atom. The van der Waals surface area contributed by atoms with Crippen LogP contribution in [0.15, 0.2) is 42.6 Å². The fourth-order valence-corrected chi connectivity index (χ4v) is 1.42. The summed E-state index contributed by atoms with van der Waals surface area (Å²) in [5, 5.41) is 16.3. The normalized spacial score (nSPS) is 10.1. The minimum absolute atomic E-state index is 0.00164. The number of aliphatic hydroxyl groups excluding tert-OH is 1. The van der Waals surface area contributed by atoms with Gasteiger partial charge in [0.2, 0.25) is 5.88 Å². The Bertz CT molecular complexity index is 552. The highest BCUT2D eigenvalue weighted by Gasteiger charge is 2.02. The van der Waals surface area contributed by atoms with E-state index in [4.69, 9.17) is 21.0 Å². The van der Waals surface area contributed by atoms with E-state index in [2.05, 4.69) is 4.98 Å². The second-order valence-electron chi connectivity index (χ2n) is 3.70. The molecule has 0 spiro atoms. The quantitative estimate of drug-likeness (QED) is 0.562. The van der Waals surface area contributed by atoms with Crippen LogP contribution in [-0.4, -0.2) is 15.9 Å². The van der Waals surface area contributed by atoms with Gasteiger partial charge >= 0.3 is 0 Å². The number of amidine groups is 1. The monoisotopic (exact) mass is 243 g/mol. The highest BCUT2D eigenvalue weighted by atomic mass is 16.5. The van der Waals surface area contributed by atoms with Crippen LogP contribution in [0.25, 0.3) is 0 Å². The largest absolute Gasteiger partial charge is 0.439 e. The number of nitrogens with zero attached hydrogens (tertiary/aromatic N) is 1. The number of pyridine rings is 1. The Morgan fingerprint density at radius 1 is 1.28 bits per heavy atom. The van der Waals surface area contributed by atoms with E-state index < -0.39 is 0 Å². The number of aliphatic hydroxyl groups is 1. The van der Waals surface area contributed by atoms with Crippen molar-refractivity contribution in [1.29, 1.82) is 5.41 Å². The van der Waals surface area contributed by atoms with E-state index in [-0.39, 0.29) is 12.4 Å². The lowest BCUT2D eigenvalue weighted by atomic mass is 10.2. The first-order valence-corrected chi connectivity index (χ1v) is 5.37. The van der Waals surface area contributed by atoms with E-state index in [9.17, 15) is 0 Å². The highest BCUT2D eigenvalue weighted by Crippen LogP contribution is 2.20. The molecule has 0 aliphatic carbocycles. The molecule has 4 N–H and O–H groups in total. The maximum absolute atomic E-state index is 8.93. The maximum Gasteiger partial charge on any atom is 0.219 e. The van der Waals surface area contributed by atoms with E-state index in [0.717, 1.165) is 5.56 Å². The summed E-state index contributed by atoms with van der Waals surface area (Å²) in [5.41, 5.74) is 6.76. The standard InChI is InChI=1S/C13H13N3O2/c14-13(15)10-5-6-16-12(7-10)18-11-3-1-9(8-17)2-4-11/h1-7,17H,8H2,(H3,14,15). The third kappa shape index (κ3) is 2.83. The van der Waals surface area contributed by atoms with Gasteiger partial charge in [0.25, 0.3) is 0 Å². The number of ether oxygens (including phenoxy) is 1. The lowest BCUT2D eigenvalue weighted by Gasteiger charge is -2.06. The molecule has 0 fully saturated rings. The maximum atomic E-state index is 8.93. The minimum atomic E-state index is -0.0297. The van der Waals surface area contributed by atoms with Crippen LogP contribution in [0.2, 0.25) is 0 Å². The van der Waals surface area contributed by atoms with Gasteiger partial charge < -0.3 is 15.6 Å². The van der Waals surface area contributed by atoms with Crippen LogP contribution in [0.5, 0.6) is 11.6 Å². The van der Waals surface area contributed by atoms with Crippen molar-refractivity contribution in [3.8, 4) is 11.6 Å². The predicted octanol–water partition coefficient (Wildman–Crippen LogP) is 1.65. The first kappa shape index (κ1) is 12.1. The van der Waals surface area contributed by atoms with Crippen LogP contribution in [0.4, 0.5) is 0 Å². The Kier molecular flexibility index (Phi) is 3.54. The second-order valence-corrected chi connectivity index (χ2v) is 3.70. The summed E-state index contributed by atoms with van der Waals surface area (Å²) in [7, 11) is 0. The molecule has 0 atom stereocenters. The van der Waals surface area contributed by atoms with E-state index >= 15 is 0 Å². The van der Waals surface area contributed by atoms with Gasteiger partial charge in [-0.2, -0.15) is 0 Å². The SMILES string of the molecule is N=C(N)c1ccnc(Oc2ccc(CO)cc2)c1. The summed E-state index contributed by atoms with van der Waals surface area (Å²) in [6, 6.07) is 10.3. The van der Waals surface area contributed by atoms with Crippen molar-refractivity contribution in [2.75, 3.05) is 0 Å². The van der Waals surface area contributed by atoms with Crippen LogP contribution in [0.3, 0.4) is 0 Å². The molecule has 0 saturated carbocycles. The van der Waals surface area contributed by atoms with Crippen LogP contribution in [0.1, 0.15) is 11.1 Å². The van der Waals surface area contributed by atoms with Crippen molar-refractivity contribution in [3.05, 3.63) is 53.7 Å². The van der Waals surface area contributed by atoms with E-state index in [1.165, 1.54) is 6.20 Å². The molecule has 5 nitrogen and oxygen atoms in total. The van der Waals surface area contributed by atoms with Gasteiger partial charge in [-0.3, -0.25) is 5.41 Å². The lowest BCUT2D eigenvalue weighted by molar-refractivity contribution is 0.281. The minimum Gasteiger partial charge on any atom is -0.439 e. The number of benzene rings is 1. The molecule has 92 valence electrons. The van der Waals surface area contributed by atoms with E-state index in [0.29, 0.717) is 17.2 Å². The second kappa shape index (κ2) is 5.29. The third-order valence-electron chi connectivity index (χ3n) is 2.37. The molecule has 1 aromatic carbocycles. The first-order valence-electron chi connectivity index (χ1n) is 5.37. The summed E-state index contributed by atoms with van der Waals surface area (Å²) in [5.74, 6) is 0.956. The Labute approximate surface area is 104 Å². The number of nitrogen functional groups attached to an aromatic ring is 1. The number of hydrogen-bond donors (Lipinski definition) is 3. The molecule has 0 saturated heterocycles. The molecule has 0 aliphatic heterocycles. The molecule has 0 bridgehead atoms. The number of hydrogen-bond acceptors (Lipinski definition) is 4. The van der Waals surface area contributed by atoms with E-state index in [1.54, 1.807) is 36.4 Å². The highest BCUT2D eigenvalue weighted by molar-refractivity contribution is 5.95. The van der Waals surface area contributed by atoms with Crippen LogP contribution < -0.4 is 10.5 Å². The molecule has 0 radical (unpaired) electrons. The van der Waals surface area contributed by atoms with Gasteiger partial charge in [-0.15, -0.1) is 0 Å². The zero-order valence-corrected chi connectivity index (χ0v) is 9.63. The molecule has 18 heavy (non-hydrogen) atoms. The summed E-state index contributed by atoms with van der Waals surface area (Å²) >= 11 is 0. The van der Waals surface area contributed by atoms with Crippen molar-refractivity contribution in [1.82, 2.24) is 4.98 Å². The summed E-state index contributed by atoms with van der Waals surface area (Å²) in [6.07, 6.45) is 1.54. The number of nitrogens with two attached hydrogens (primary N) is 1. The van der Waals surface area contributed by atoms with Crippen LogP contribution in [0, 0.1) is 5.41 Å². The molecule has 0 unspecified atom stereocenters. The van der Waals surface area contributed by atoms with Gasteiger partial charge in [-0.1, -0.05) is 12.1 Å². The van der Waals surface area contributed by atoms with Gasteiger partial charge in [-0.25, -0.2) is 4.98 Å². The molecular weight excluding hydrogens is 230 g/mol. The van der Waals surface area contributed by atoms with Crippen molar-refractivity contribution in [2.24, 2.45) is 5.73 Å². The predicted molar refractivity (Wildman–Crippen MR) is 67.7 cm³/mol. The topological polar surface area (TPSA) is 92.2 Å². The molecule has 0 aliphatic rings. The fraction of sp³-hybridized carbons (Fsp3) is 0.0769. The molecule has 5 heteroatoms. The van der Waals surface area contributed by atoms with Gasteiger partial charge in [-0.05, 0) is 23.8 Å². The summed E-state index contributed by atoms with van der Waals surface area (Å²) < 4.78 is 5.52. The zero-order valence-electron chi connectivity index (χ0n) is 9.63. The molecule has 2 aromatic rings. The smallest absolute Gasteiger partial charge is 0.219 e. The van der Waals surface area contributed by atoms with Crippen molar-refractivity contribution in [2.45, 2.75) is 6.61 Å². The Morgan fingerprint density at radius 2 is 2.00 bits per heavy atom. The van der Waals surface area contributed by atoms with Gasteiger partial charge in [0.15, 0.2) is 0 Å². The molecule has 1 aromatic heterocycles. The van der Waals surface area contributed by atoms with Gasteiger partial charge in [0.05, 0.1) is 6.61 Å². The van der Waals surface area contributed by atoms with Crippen LogP contribution >= 0.6 is 0 Å². The third-order valence-corrected chi connectivity index (χ3v) is 2.37. The summed E-state index contributed by atoms with van der Waals surface area (Å²) in [4.78, 5) is 4.04. The lowest BCUT2D eigenvalue weighted by Crippen LogP contribution is -2.11. The molecule has 1 heterocycles. The number of nitrogens with one attached hydrogen (secondary N) is 1. The average molecular weight is 243 g/mol. The van der Waals surface area contributed by atoms with E-state index in [1.807, 2.05) is 0 Å².